The normalized spacial score (nSPS) is 10.8. The molecule has 0 amide bonds. The number of ether oxygens (including phenoxy) is 1. The van der Waals surface area contributed by atoms with Gasteiger partial charge in [-0.15, -0.1) is 0 Å². The molecule has 4 rings (SSSR count). The zero-order valence-electron chi connectivity index (χ0n) is 13.5. The van der Waals surface area contributed by atoms with Gasteiger partial charge >= 0.3 is 0 Å². The van der Waals surface area contributed by atoms with Crippen molar-refractivity contribution in [1.29, 1.82) is 0 Å². The number of rotatable bonds is 3. The van der Waals surface area contributed by atoms with E-state index in [4.69, 9.17) is 20.4 Å². The number of anilines is 1. The lowest BCUT2D eigenvalue weighted by Gasteiger charge is -2.11. The highest BCUT2D eigenvalue weighted by molar-refractivity contribution is 5.87. The Bertz CT molecular complexity index is 1040. The van der Waals surface area contributed by atoms with Gasteiger partial charge in [-0.05, 0) is 0 Å². The van der Waals surface area contributed by atoms with E-state index < -0.39 is 0 Å². The third-order valence-electron chi connectivity index (χ3n) is 3.80. The fourth-order valence-corrected chi connectivity index (χ4v) is 2.68. The standard InChI is InChI=1S/C19H15N5O/c1-25-18-16-17(23-19(20)24-18)22-15(13-10-6-3-7-11-13)14(21-16)12-8-4-2-5-9-12/h2-11H,1H3,(H2,20,22,23,24). The summed E-state index contributed by atoms with van der Waals surface area (Å²) in [4.78, 5) is 17.8. The Kier molecular flexibility index (Phi) is 3.70. The molecule has 0 saturated heterocycles. The summed E-state index contributed by atoms with van der Waals surface area (Å²) in [5, 5.41) is 0. The van der Waals surface area contributed by atoms with Crippen molar-refractivity contribution < 1.29 is 4.74 Å². The van der Waals surface area contributed by atoms with Crippen LogP contribution in [0.3, 0.4) is 0 Å². The van der Waals surface area contributed by atoms with Gasteiger partial charge in [0.2, 0.25) is 11.8 Å². The van der Waals surface area contributed by atoms with Crippen molar-refractivity contribution in [3.05, 3.63) is 60.7 Å². The van der Waals surface area contributed by atoms with Crippen molar-refractivity contribution in [1.82, 2.24) is 19.9 Å². The van der Waals surface area contributed by atoms with Crippen molar-refractivity contribution in [2.24, 2.45) is 0 Å². The summed E-state index contributed by atoms with van der Waals surface area (Å²) in [5.74, 6) is 0.414. The minimum Gasteiger partial charge on any atom is -0.479 e. The Hall–Kier alpha value is -3.54. The maximum absolute atomic E-state index is 5.77. The van der Waals surface area contributed by atoms with Crippen molar-refractivity contribution in [3.8, 4) is 28.4 Å². The second kappa shape index (κ2) is 6.16. The van der Waals surface area contributed by atoms with Crippen LogP contribution in [0.2, 0.25) is 0 Å². The van der Waals surface area contributed by atoms with Gasteiger partial charge in [-0.25, -0.2) is 9.97 Å². The zero-order valence-corrected chi connectivity index (χ0v) is 13.5. The molecule has 0 aliphatic rings. The lowest BCUT2D eigenvalue weighted by Crippen LogP contribution is -2.04. The third-order valence-corrected chi connectivity index (χ3v) is 3.80. The number of benzene rings is 2. The van der Waals surface area contributed by atoms with E-state index in [-0.39, 0.29) is 5.95 Å². The third kappa shape index (κ3) is 2.74. The summed E-state index contributed by atoms with van der Waals surface area (Å²) >= 11 is 0. The number of nitrogen functional groups attached to an aromatic ring is 1. The fraction of sp³-hybridized carbons (Fsp3) is 0.0526. The molecule has 0 unspecified atom stereocenters. The Morgan fingerprint density at radius 2 is 1.28 bits per heavy atom. The smallest absolute Gasteiger partial charge is 0.246 e. The summed E-state index contributed by atoms with van der Waals surface area (Å²) < 4.78 is 5.31. The first-order valence-electron chi connectivity index (χ1n) is 7.76. The van der Waals surface area contributed by atoms with E-state index in [2.05, 4.69) is 9.97 Å². The number of nitrogens with zero attached hydrogens (tertiary/aromatic N) is 4. The van der Waals surface area contributed by atoms with Crippen molar-refractivity contribution in [2.75, 3.05) is 12.8 Å². The van der Waals surface area contributed by atoms with Gasteiger partial charge in [0.25, 0.3) is 0 Å². The highest BCUT2D eigenvalue weighted by atomic mass is 16.5. The first-order chi connectivity index (χ1) is 12.3. The predicted molar refractivity (Wildman–Crippen MR) is 97.0 cm³/mol. The molecule has 2 N–H and O–H groups in total. The quantitative estimate of drug-likeness (QED) is 0.620. The molecule has 0 radical (unpaired) electrons. The molecule has 2 heterocycles. The number of aromatic nitrogens is 4. The number of hydrogen-bond donors (Lipinski definition) is 1. The molecule has 25 heavy (non-hydrogen) atoms. The lowest BCUT2D eigenvalue weighted by molar-refractivity contribution is 0.402. The Balaban J connectivity index is 2.08. The van der Waals surface area contributed by atoms with E-state index >= 15 is 0 Å². The molecule has 0 spiro atoms. The lowest BCUT2D eigenvalue weighted by atomic mass is 10.0. The highest BCUT2D eigenvalue weighted by Gasteiger charge is 2.17. The Labute approximate surface area is 144 Å². The van der Waals surface area contributed by atoms with Crippen LogP contribution in [0.5, 0.6) is 5.88 Å². The molecular weight excluding hydrogens is 314 g/mol. The average molecular weight is 329 g/mol. The Morgan fingerprint density at radius 1 is 0.720 bits per heavy atom. The topological polar surface area (TPSA) is 86.8 Å². The van der Waals surface area contributed by atoms with E-state index in [1.54, 1.807) is 0 Å². The molecule has 2 aromatic heterocycles. The SMILES string of the molecule is COc1nc(N)nc2nc(-c3ccccc3)c(-c3ccccc3)nc12. The predicted octanol–water partition coefficient (Wildman–Crippen LogP) is 3.34. The van der Waals surface area contributed by atoms with Crippen molar-refractivity contribution in [2.45, 2.75) is 0 Å². The first-order valence-corrected chi connectivity index (χ1v) is 7.76. The molecule has 4 aromatic rings. The Morgan fingerprint density at radius 3 is 1.84 bits per heavy atom. The van der Waals surface area contributed by atoms with Crippen LogP contribution in [0, 0.1) is 0 Å². The number of fused-ring (bicyclic) bond motifs is 1. The van der Waals surface area contributed by atoms with Gasteiger partial charge in [0.15, 0.2) is 11.2 Å². The van der Waals surface area contributed by atoms with Crippen LogP contribution in [-0.2, 0) is 0 Å². The maximum atomic E-state index is 5.77. The number of methoxy groups -OCH3 is 1. The second-order valence-electron chi connectivity index (χ2n) is 5.42. The van der Waals surface area contributed by atoms with Crippen molar-refractivity contribution >= 4 is 17.1 Å². The van der Waals surface area contributed by atoms with Crippen LogP contribution < -0.4 is 10.5 Å². The van der Waals surface area contributed by atoms with Crippen LogP contribution in [0.4, 0.5) is 5.95 Å². The zero-order chi connectivity index (χ0) is 17.2. The summed E-state index contributed by atoms with van der Waals surface area (Å²) in [6.07, 6.45) is 0. The molecule has 2 aromatic carbocycles. The van der Waals surface area contributed by atoms with Gasteiger partial charge in [-0.1, -0.05) is 60.7 Å². The second-order valence-corrected chi connectivity index (χ2v) is 5.42. The molecule has 122 valence electrons. The van der Waals surface area contributed by atoms with Gasteiger partial charge in [0.05, 0.1) is 18.5 Å². The van der Waals surface area contributed by atoms with Crippen LogP contribution in [-0.4, -0.2) is 27.0 Å². The minimum absolute atomic E-state index is 0.102. The molecule has 6 heteroatoms. The fourth-order valence-electron chi connectivity index (χ4n) is 2.68. The molecule has 0 saturated carbocycles. The summed E-state index contributed by atoms with van der Waals surface area (Å²) in [5.41, 5.74) is 10.0. The van der Waals surface area contributed by atoms with Crippen LogP contribution in [0.1, 0.15) is 0 Å². The molecule has 0 atom stereocenters. The number of hydrogen-bond acceptors (Lipinski definition) is 6. The van der Waals surface area contributed by atoms with Crippen molar-refractivity contribution in [3.63, 3.8) is 0 Å². The van der Waals surface area contributed by atoms with Gasteiger partial charge < -0.3 is 10.5 Å². The largest absolute Gasteiger partial charge is 0.479 e. The van der Waals surface area contributed by atoms with E-state index in [9.17, 15) is 0 Å². The van der Waals surface area contributed by atoms with E-state index in [1.165, 1.54) is 7.11 Å². The van der Waals surface area contributed by atoms with E-state index in [0.29, 0.717) is 17.0 Å². The molecular formula is C19H15N5O. The molecule has 0 fully saturated rings. The van der Waals surface area contributed by atoms with Gasteiger partial charge in [-0.2, -0.15) is 9.97 Å². The highest BCUT2D eigenvalue weighted by Crippen LogP contribution is 2.32. The van der Waals surface area contributed by atoms with Gasteiger partial charge in [-0.3, -0.25) is 0 Å². The minimum atomic E-state index is 0.102. The number of nitrogens with two attached hydrogens (primary N) is 1. The summed E-state index contributed by atoms with van der Waals surface area (Å²) in [6, 6.07) is 19.7. The maximum Gasteiger partial charge on any atom is 0.246 e. The first kappa shape index (κ1) is 15.0. The molecule has 6 nitrogen and oxygen atoms in total. The van der Waals surface area contributed by atoms with E-state index in [0.717, 1.165) is 22.5 Å². The monoisotopic (exact) mass is 329 g/mol. The van der Waals surface area contributed by atoms with E-state index in [1.807, 2.05) is 60.7 Å². The van der Waals surface area contributed by atoms with Crippen LogP contribution >= 0.6 is 0 Å². The van der Waals surface area contributed by atoms with Crippen LogP contribution in [0.25, 0.3) is 33.7 Å². The molecule has 0 bridgehead atoms. The molecule has 0 aliphatic carbocycles. The average Bonchev–Trinajstić information content (AvgIpc) is 2.67. The van der Waals surface area contributed by atoms with Crippen LogP contribution in [0.15, 0.2) is 60.7 Å². The summed E-state index contributed by atoms with van der Waals surface area (Å²) in [7, 11) is 1.52. The summed E-state index contributed by atoms with van der Waals surface area (Å²) in [6.45, 7) is 0. The van der Waals surface area contributed by atoms with Gasteiger partial charge in [0, 0.05) is 11.1 Å². The van der Waals surface area contributed by atoms with Gasteiger partial charge in [0.1, 0.15) is 0 Å². The molecule has 0 aliphatic heterocycles.